The predicted molar refractivity (Wildman–Crippen MR) is 104 cm³/mol. The zero-order chi connectivity index (χ0) is 19.7. The first-order valence-corrected chi connectivity index (χ1v) is 9.10. The van der Waals surface area contributed by atoms with Crippen LogP contribution in [0.4, 0.5) is 5.69 Å². The highest BCUT2D eigenvalue weighted by molar-refractivity contribution is 6.06. The van der Waals surface area contributed by atoms with E-state index in [4.69, 9.17) is 4.74 Å². The molecule has 0 saturated heterocycles. The summed E-state index contributed by atoms with van der Waals surface area (Å²) in [5, 5.41) is 8.16. The average molecular weight is 376 g/mol. The summed E-state index contributed by atoms with van der Waals surface area (Å²) in [6.45, 7) is 2.57. The number of methoxy groups -OCH3 is 1. The normalized spacial score (nSPS) is 13.1. The summed E-state index contributed by atoms with van der Waals surface area (Å²) < 4.78 is 6.46. The number of rotatable bonds is 3. The van der Waals surface area contributed by atoms with E-state index in [9.17, 15) is 9.59 Å². The lowest BCUT2D eigenvalue weighted by Gasteiger charge is -2.29. The molecule has 142 valence electrons. The first-order chi connectivity index (χ1) is 13.6. The van der Waals surface area contributed by atoms with Crippen molar-refractivity contribution in [3.8, 4) is 5.69 Å². The van der Waals surface area contributed by atoms with Crippen molar-refractivity contribution in [3.05, 3.63) is 71.0 Å². The molecular formula is C21H20N4O3. The molecule has 0 atom stereocenters. The van der Waals surface area contributed by atoms with E-state index in [0.717, 1.165) is 35.3 Å². The number of anilines is 1. The topological polar surface area (TPSA) is 77.3 Å². The summed E-state index contributed by atoms with van der Waals surface area (Å²) in [4.78, 5) is 26.8. The summed E-state index contributed by atoms with van der Waals surface area (Å²) >= 11 is 0. The molecule has 2 heterocycles. The minimum absolute atomic E-state index is 0.235. The average Bonchev–Trinajstić information content (AvgIpc) is 3.22. The Labute approximate surface area is 162 Å². The highest BCUT2D eigenvalue weighted by atomic mass is 16.5. The number of aryl methyl sites for hydroxylation is 1. The summed E-state index contributed by atoms with van der Waals surface area (Å²) in [5.74, 6) is -0.627. The van der Waals surface area contributed by atoms with Gasteiger partial charge in [-0.2, -0.15) is 0 Å². The molecule has 0 fully saturated rings. The van der Waals surface area contributed by atoms with Gasteiger partial charge in [0.15, 0.2) is 5.69 Å². The van der Waals surface area contributed by atoms with Gasteiger partial charge in [-0.3, -0.25) is 4.79 Å². The summed E-state index contributed by atoms with van der Waals surface area (Å²) in [6.07, 6.45) is 3.12. The zero-order valence-corrected chi connectivity index (χ0v) is 15.8. The number of hydrogen-bond donors (Lipinski definition) is 0. The molecular weight excluding hydrogens is 356 g/mol. The van der Waals surface area contributed by atoms with E-state index >= 15 is 0 Å². The van der Waals surface area contributed by atoms with Crippen molar-refractivity contribution in [1.29, 1.82) is 0 Å². The maximum absolute atomic E-state index is 13.1. The van der Waals surface area contributed by atoms with Crippen LogP contribution in [0.25, 0.3) is 5.69 Å². The molecule has 4 rings (SSSR count). The number of carbonyl (C=O) groups is 2. The molecule has 7 nitrogen and oxygen atoms in total. The summed E-state index contributed by atoms with van der Waals surface area (Å²) in [6, 6.07) is 13.2. The summed E-state index contributed by atoms with van der Waals surface area (Å²) in [5.41, 5.74) is 4.30. The van der Waals surface area contributed by atoms with Crippen molar-refractivity contribution in [2.24, 2.45) is 0 Å². The van der Waals surface area contributed by atoms with Crippen LogP contribution in [0.3, 0.4) is 0 Å². The van der Waals surface area contributed by atoms with Crippen molar-refractivity contribution < 1.29 is 14.3 Å². The Morgan fingerprint density at radius 1 is 1.11 bits per heavy atom. The number of nitrogens with zero attached hydrogens (tertiary/aromatic N) is 4. The molecule has 0 radical (unpaired) electrons. The number of aromatic nitrogens is 3. The Morgan fingerprint density at radius 3 is 2.64 bits per heavy atom. The van der Waals surface area contributed by atoms with Crippen LogP contribution in [0.15, 0.2) is 48.7 Å². The molecule has 1 aliphatic rings. The molecule has 2 aromatic carbocycles. The van der Waals surface area contributed by atoms with Crippen LogP contribution in [0.2, 0.25) is 0 Å². The third-order valence-electron chi connectivity index (χ3n) is 4.91. The molecule has 1 aromatic heterocycles. The van der Waals surface area contributed by atoms with Crippen molar-refractivity contribution in [1.82, 2.24) is 15.0 Å². The largest absolute Gasteiger partial charge is 0.465 e. The number of carbonyl (C=O) groups excluding carboxylic acids is 2. The lowest BCUT2D eigenvalue weighted by Crippen LogP contribution is -2.36. The molecule has 0 N–H and O–H groups in total. The number of fused-ring (bicyclic) bond motifs is 1. The highest BCUT2D eigenvalue weighted by Gasteiger charge is 2.28. The van der Waals surface area contributed by atoms with Crippen molar-refractivity contribution >= 4 is 17.6 Å². The Bertz CT molecular complexity index is 1040. The van der Waals surface area contributed by atoms with Gasteiger partial charge < -0.3 is 9.64 Å². The Balaban J connectivity index is 1.66. The maximum atomic E-state index is 13.1. The second kappa shape index (κ2) is 7.26. The molecule has 28 heavy (non-hydrogen) atoms. The van der Waals surface area contributed by atoms with Crippen molar-refractivity contribution in [2.45, 2.75) is 19.8 Å². The molecule has 3 aromatic rings. The van der Waals surface area contributed by atoms with Gasteiger partial charge >= 0.3 is 5.97 Å². The van der Waals surface area contributed by atoms with E-state index in [2.05, 4.69) is 10.3 Å². The Morgan fingerprint density at radius 2 is 1.89 bits per heavy atom. The van der Waals surface area contributed by atoms with Crippen molar-refractivity contribution in [3.63, 3.8) is 0 Å². The van der Waals surface area contributed by atoms with Gasteiger partial charge in [0.2, 0.25) is 0 Å². The van der Waals surface area contributed by atoms with Crippen LogP contribution >= 0.6 is 0 Å². The first kappa shape index (κ1) is 17.9. The van der Waals surface area contributed by atoms with Gasteiger partial charge in [0.25, 0.3) is 5.91 Å². The van der Waals surface area contributed by atoms with Crippen LogP contribution in [0.5, 0.6) is 0 Å². The quantitative estimate of drug-likeness (QED) is 0.657. The second-order valence-electron chi connectivity index (χ2n) is 6.74. The second-order valence-corrected chi connectivity index (χ2v) is 6.74. The van der Waals surface area contributed by atoms with Crippen LogP contribution in [-0.2, 0) is 11.2 Å². The maximum Gasteiger partial charge on any atom is 0.338 e. The first-order valence-electron chi connectivity index (χ1n) is 9.10. The molecule has 0 unspecified atom stereocenters. The van der Waals surface area contributed by atoms with Gasteiger partial charge in [-0.15, -0.1) is 5.10 Å². The number of ether oxygens (including phenoxy) is 1. The van der Waals surface area contributed by atoms with Gasteiger partial charge in [0.05, 0.1) is 24.6 Å². The lowest BCUT2D eigenvalue weighted by molar-refractivity contribution is 0.0599. The molecule has 7 heteroatoms. The zero-order valence-electron chi connectivity index (χ0n) is 15.8. The number of hydrogen-bond acceptors (Lipinski definition) is 5. The van der Waals surface area contributed by atoms with Gasteiger partial charge in [-0.1, -0.05) is 29.0 Å². The van der Waals surface area contributed by atoms with Crippen LogP contribution < -0.4 is 4.90 Å². The number of benzene rings is 2. The number of esters is 1. The van der Waals surface area contributed by atoms with E-state index in [-0.39, 0.29) is 11.6 Å². The minimum Gasteiger partial charge on any atom is -0.465 e. The predicted octanol–water partition coefficient (Wildman–Crippen LogP) is 2.96. The van der Waals surface area contributed by atoms with Gasteiger partial charge in [-0.25, -0.2) is 9.48 Å². The fraction of sp³-hybridized carbons (Fsp3) is 0.238. The fourth-order valence-corrected chi connectivity index (χ4v) is 3.46. The standard InChI is InChI=1S/C21H20N4O3/c1-14-8-10-15(11-9-14)25-13-18(22-23-25)20(26)24-12-4-6-16-17(21(27)28-2)5-3-7-19(16)24/h3,5,7-11,13H,4,6,12H2,1-2H3. The molecule has 0 saturated carbocycles. The monoisotopic (exact) mass is 376 g/mol. The van der Waals surface area contributed by atoms with E-state index in [0.29, 0.717) is 12.1 Å². The minimum atomic E-state index is -0.392. The summed E-state index contributed by atoms with van der Waals surface area (Å²) in [7, 11) is 1.36. The third kappa shape index (κ3) is 3.15. The lowest BCUT2D eigenvalue weighted by atomic mass is 9.96. The molecule has 0 aliphatic carbocycles. The molecule has 1 amide bonds. The van der Waals surface area contributed by atoms with Crippen LogP contribution in [-0.4, -0.2) is 40.5 Å². The van der Waals surface area contributed by atoms with E-state index in [1.165, 1.54) is 7.11 Å². The van der Waals surface area contributed by atoms with E-state index in [1.54, 1.807) is 27.9 Å². The third-order valence-corrected chi connectivity index (χ3v) is 4.91. The van der Waals surface area contributed by atoms with Gasteiger partial charge in [0.1, 0.15) is 0 Å². The van der Waals surface area contributed by atoms with Crippen molar-refractivity contribution in [2.75, 3.05) is 18.6 Å². The van der Waals surface area contributed by atoms with Crippen LogP contribution in [0.1, 0.15) is 38.4 Å². The molecule has 1 aliphatic heterocycles. The van der Waals surface area contributed by atoms with Gasteiger partial charge in [0, 0.05) is 12.2 Å². The van der Waals surface area contributed by atoms with E-state index < -0.39 is 5.97 Å². The number of amides is 1. The van der Waals surface area contributed by atoms with E-state index in [1.807, 2.05) is 37.3 Å². The van der Waals surface area contributed by atoms with Crippen LogP contribution in [0, 0.1) is 6.92 Å². The SMILES string of the molecule is COC(=O)c1cccc2c1CCCN2C(=O)c1cn(-c2ccc(C)cc2)nn1. The fourth-order valence-electron chi connectivity index (χ4n) is 3.46. The highest BCUT2D eigenvalue weighted by Crippen LogP contribution is 2.31. The smallest absolute Gasteiger partial charge is 0.338 e. The Hall–Kier alpha value is -3.48. The molecule has 0 bridgehead atoms. The molecule has 0 spiro atoms. The van der Waals surface area contributed by atoms with Gasteiger partial charge in [-0.05, 0) is 49.6 Å². The Kier molecular flexibility index (Phi) is 4.65.